The smallest absolute Gasteiger partial charge is 0.351 e. The first-order valence-corrected chi connectivity index (χ1v) is 9.33. The second-order valence-electron chi connectivity index (χ2n) is 5.31. The Balaban J connectivity index is 2.31. The van der Waals surface area contributed by atoms with Crippen LogP contribution in [0.25, 0.3) is 0 Å². The Morgan fingerprint density at radius 1 is 1.17 bits per heavy atom. The van der Waals surface area contributed by atoms with Crippen molar-refractivity contribution in [2.45, 2.75) is 11.8 Å². The number of ether oxygens (including phenoxy) is 1. The van der Waals surface area contributed by atoms with E-state index in [9.17, 15) is 13.2 Å². The number of nitrogens with zero attached hydrogens (tertiary/aromatic N) is 1. The van der Waals surface area contributed by atoms with Gasteiger partial charge in [0.25, 0.3) is 0 Å². The standard InChI is InChI=1S/C17H14BrNO4S/c1-11-4-3-5-13(8-11)19-10-16(17(20)23-2)24(21,22)15-7-6-12(18)9-14(15)19/h3-10H,1-2H3. The molecule has 5 nitrogen and oxygen atoms in total. The van der Waals surface area contributed by atoms with E-state index in [4.69, 9.17) is 0 Å². The Kier molecular flexibility index (Phi) is 4.23. The van der Waals surface area contributed by atoms with E-state index in [0.29, 0.717) is 5.69 Å². The van der Waals surface area contributed by atoms with Crippen LogP contribution >= 0.6 is 15.9 Å². The van der Waals surface area contributed by atoms with Gasteiger partial charge in [0.15, 0.2) is 4.91 Å². The zero-order valence-corrected chi connectivity index (χ0v) is 15.4. The summed E-state index contributed by atoms with van der Waals surface area (Å²) in [5.74, 6) is -0.888. The lowest BCUT2D eigenvalue weighted by atomic mass is 10.2. The van der Waals surface area contributed by atoms with Gasteiger partial charge >= 0.3 is 5.97 Å². The van der Waals surface area contributed by atoms with Gasteiger partial charge in [-0.15, -0.1) is 0 Å². The number of carbonyl (C=O) groups excluding carboxylic acids is 1. The molecule has 0 N–H and O–H groups in total. The highest BCUT2D eigenvalue weighted by molar-refractivity contribution is 9.10. The topological polar surface area (TPSA) is 63.7 Å². The first kappa shape index (κ1) is 16.7. The molecule has 0 radical (unpaired) electrons. The van der Waals surface area contributed by atoms with Crippen LogP contribution in [0.3, 0.4) is 0 Å². The molecule has 0 saturated heterocycles. The van der Waals surface area contributed by atoms with Crippen LogP contribution in [0.1, 0.15) is 5.56 Å². The molecule has 0 aromatic heterocycles. The fraction of sp³-hybridized carbons (Fsp3) is 0.118. The summed E-state index contributed by atoms with van der Waals surface area (Å²) in [5, 5.41) is 0. The van der Waals surface area contributed by atoms with Gasteiger partial charge < -0.3 is 9.64 Å². The third-order valence-corrected chi connectivity index (χ3v) is 5.94. The maximum atomic E-state index is 12.7. The number of carbonyl (C=O) groups is 1. The highest BCUT2D eigenvalue weighted by Gasteiger charge is 2.36. The van der Waals surface area contributed by atoms with Gasteiger partial charge in [-0.3, -0.25) is 0 Å². The molecule has 24 heavy (non-hydrogen) atoms. The number of anilines is 2. The lowest BCUT2D eigenvalue weighted by molar-refractivity contribution is -0.135. The molecule has 1 heterocycles. The van der Waals surface area contributed by atoms with Crippen molar-refractivity contribution in [1.82, 2.24) is 0 Å². The maximum absolute atomic E-state index is 12.7. The summed E-state index contributed by atoms with van der Waals surface area (Å²) >= 11 is 3.37. The molecular formula is C17H14BrNO4S. The number of fused-ring (bicyclic) bond motifs is 1. The summed E-state index contributed by atoms with van der Waals surface area (Å²) in [6.45, 7) is 1.94. The van der Waals surface area contributed by atoms with Crippen LogP contribution < -0.4 is 4.90 Å². The van der Waals surface area contributed by atoms with Gasteiger partial charge in [-0.05, 0) is 42.8 Å². The average molecular weight is 408 g/mol. The van der Waals surface area contributed by atoms with Crippen LogP contribution in [0, 0.1) is 6.92 Å². The van der Waals surface area contributed by atoms with E-state index < -0.39 is 15.8 Å². The fourth-order valence-electron chi connectivity index (χ4n) is 2.54. The fourth-order valence-corrected chi connectivity index (χ4v) is 4.35. The molecule has 0 fully saturated rings. The molecule has 1 aliphatic rings. The maximum Gasteiger partial charge on any atom is 0.351 e. The number of hydrogen-bond donors (Lipinski definition) is 0. The summed E-state index contributed by atoms with van der Waals surface area (Å²) in [6, 6.07) is 12.4. The molecule has 0 bridgehead atoms. The highest BCUT2D eigenvalue weighted by atomic mass is 79.9. The normalized spacial score (nSPS) is 15.5. The van der Waals surface area contributed by atoms with Crippen LogP contribution in [0.15, 0.2) is 62.9 Å². The van der Waals surface area contributed by atoms with Crippen molar-refractivity contribution in [2.75, 3.05) is 12.0 Å². The van der Waals surface area contributed by atoms with E-state index in [2.05, 4.69) is 20.7 Å². The summed E-state index contributed by atoms with van der Waals surface area (Å²) in [5.41, 5.74) is 2.25. The first-order chi connectivity index (χ1) is 11.3. The Hall–Kier alpha value is -2.12. The van der Waals surface area contributed by atoms with Crippen molar-refractivity contribution in [3.8, 4) is 0 Å². The molecule has 0 amide bonds. The third kappa shape index (κ3) is 2.74. The lowest BCUT2D eigenvalue weighted by Gasteiger charge is -2.28. The lowest BCUT2D eigenvalue weighted by Crippen LogP contribution is -2.26. The largest absolute Gasteiger partial charge is 0.465 e. The number of esters is 1. The zero-order chi connectivity index (χ0) is 17.5. The molecule has 0 unspecified atom stereocenters. The number of methoxy groups -OCH3 is 1. The van der Waals surface area contributed by atoms with Gasteiger partial charge in [-0.25, -0.2) is 13.2 Å². The highest BCUT2D eigenvalue weighted by Crippen LogP contribution is 2.41. The summed E-state index contributed by atoms with van der Waals surface area (Å²) < 4.78 is 30.9. The number of benzene rings is 2. The van der Waals surface area contributed by atoms with Crippen molar-refractivity contribution >= 4 is 43.1 Å². The minimum Gasteiger partial charge on any atom is -0.465 e. The van der Waals surface area contributed by atoms with E-state index in [1.807, 2.05) is 31.2 Å². The Morgan fingerprint density at radius 2 is 1.92 bits per heavy atom. The zero-order valence-electron chi connectivity index (χ0n) is 13.0. The van der Waals surface area contributed by atoms with Crippen LogP contribution in [-0.4, -0.2) is 21.5 Å². The molecular weight excluding hydrogens is 394 g/mol. The van der Waals surface area contributed by atoms with Gasteiger partial charge in [0.05, 0.1) is 17.7 Å². The Bertz CT molecular complexity index is 966. The Labute approximate surface area is 148 Å². The van der Waals surface area contributed by atoms with Gasteiger partial charge in [-0.1, -0.05) is 28.1 Å². The number of aryl methyl sites for hydroxylation is 1. The van der Waals surface area contributed by atoms with Crippen molar-refractivity contribution in [2.24, 2.45) is 0 Å². The molecule has 0 saturated carbocycles. The van der Waals surface area contributed by atoms with E-state index in [1.54, 1.807) is 17.0 Å². The SMILES string of the molecule is COC(=O)C1=CN(c2cccc(C)c2)c2cc(Br)ccc2S1(=O)=O. The van der Waals surface area contributed by atoms with Crippen molar-refractivity contribution in [1.29, 1.82) is 0 Å². The summed E-state index contributed by atoms with van der Waals surface area (Å²) in [6.07, 6.45) is 1.31. The molecule has 7 heteroatoms. The van der Waals surface area contributed by atoms with Crippen molar-refractivity contribution < 1.29 is 17.9 Å². The van der Waals surface area contributed by atoms with Crippen molar-refractivity contribution in [3.05, 3.63) is 63.6 Å². The van der Waals surface area contributed by atoms with Crippen LogP contribution in [0.5, 0.6) is 0 Å². The number of sulfone groups is 1. The summed E-state index contributed by atoms with van der Waals surface area (Å²) in [7, 11) is -2.78. The average Bonchev–Trinajstić information content (AvgIpc) is 2.54. The van der Waals surface area contributed by atoms with E-state index in [1.165, 1.54) is 12.3 Å². The molecule has 1 aliphatic heterocycles. The molecule has 0 spiro atoms. The van der Waals surface area contributed by atoms with Crippen LogP contribution in [-0.2, 0) is 19.4 Å². The predicted molar refractivity (Wildman–Crippen MR) is 94.7 cm³/mol. The molecule has 0 aliphatic carbocycles. The predicted octanol–water partition coefficient (Wildman–Crippen LogP) is 3.70. The second kappa shape index (κ2) is 6.07. The minimum atomic E-state index is -3.94. The molecule has 2 aromatic carbocycles. The number of rotatable bonds is 2. The van der Waals surface area contributed by atoms with Gasteiger partial charge in [0, 0.05) is 16.4 Å². The quantitative estimate of drug-likeness (QED) is 0.710. The van der Waals surface area contributed by atoms with E-state index in [-0.39, 0.29) is 9.80 Å². The Morgan fingerprint density at radius 3 is 2.58 bits per heavy atom. The van der Waals surface area contributed by atoms with Gasteiger partial charge in [0.1, 0.15) is 0 Å². The van der Waals surface area contributed by atoms with Gasteiger partial charge in [0.2, 0.25) is 9.84 Å². The molecule has 124 valence electrons. The number of halogens is 1. The first-order valence-electron chi connectivity index (χ1n) is 7.05. The van der Waals surface area contributed by atoms with E-state index in [0.717, 1.165) is 22.8 Å². The number of hydrogen-bond acceptors (Lipinski definition) is 5. The molecule has 0 atom stereocenters. The van der Waals surface area contributed by atoms with Gasteiger partial charge in [-0.2, -0.15) is 0 Å². The molecule has 2 aromatic rings. The van der Waals surface area contributed by atoms with Crippen molar-refractivity contribution in [3.63, 3.8) is 0 Å². The van der Waals surface area contributed by atoms with E-state index >= 15 is 0 Å². The minimum absolute atomic E-state index is 0.0649. The van der Waals surface area contributed by atoms with Crippen LogP contribution in [0.2, 0.25) is 0 Å². The third-order valence-electron chi connectivity index (χ3n) is 3.67. The molecule has 3 rings (SSSR count). The van der Waals surface area contributed by atoms with Crippen LogP contribution in [0.4, 0.5) is 11.4 Å². The summed E-state index contributed by atoms with van der Waals surface area (Å²) in [4.78, 5) is 13.4. The monoisotopic (exact) mass is 407 g/mol. The second-order valence-corrected chi connectivity index (χ2v) is 8.11.